The molecule has 0 saturated heterocycles. The van der Waals surface area contributed by atoms with E-state index in [1.54, 1.807) is 6.07 Å². The lowest BCUT2D eigenvalue weighted by molar-refractivity contribution is -0.401. The number of fused-ring (bicyclic) bond motifs is 3. The average Bonchev–Trinajstić information content (AvgIpc) is 3.06. The fourth-order valence-corrected chi connectivity index (χ4v) is 3.98. The molecule has 1 unspecified atom stereocenters. The third kappa shape index (κ3) is 2.16. The Balaban J connectivity index is 2.27. The molecule has 1 aromatic carbocycles. The molecule has 2 aromatic heterocycles. The summed E-state index contributed by atoms with van der Waals surface area (Å²) in [6, 6.07) is 9.29. The van der Waals surface area contributed by atoms with Crippen LogP contribution in [0.15, 0.2) is 30.3 Å². The summed E-state index contributed by atoms with van der Waals surface area (Å²) < 4.78 is 17.3. The van der Waals surface area contributed by atoms with Crippen molar-refractivity contribution >= 4 is 24.5 Å². The minimum atomic E-state index is -3.07. The molecule has 0 aliphatic heterocycles. The number of hydrogen-bond acceptors (Lipinski definition) is 7. The molecule has 0 aliphatic rings. The second kappa shape index (κ2) is 5.83. The molecule has 0 fully saturated rings. The molecule has 8 nitrogen and oxygen atoms in total. The molecular formula is C13H15N4O4P. The molecule has 0 radical (unpaired) electrons. The van der Waals surface area contributed by atoms with Crippen LogP contribution in [0.5, 0.6) is 0 Å². The van der Waals surface area contributed by atoms with Gasteiger partial charge in [-0.15, -0.1) is 5.10 Å². The summed E-state index contributed by atoms with van der Waals surface area (Å²) in [5, 5.41) is 25.4. The van der Waals surface area contributed by atoms with Crippen molar-refractivity contribution in [2.24, 2.45) is 0 Å². The molecule has 0 amide bonds. The van der Waals surface area contributed by atoms with Gasteiger partial charge in [-0.1, -0.05) is 18.2 Å². The van der Waals surface area contributed by atoms with Gasteiger partial charge in [-0.2, -0.15) is 18.1 Å². The zero-order valence-electron chi connectivity index (χ0n) is 12.3. The first-order valence-corrected chi connectivity index (χ1v) is 8.09. The van der Waals surface area contributed by atoms with Crippen LogP contribution in [0, 0.1) is 0 Å². The highest BCUT2D eigenvalue weighted by Gasteiger charge is 2.46. The number of aromatic nitrogens is 4. The van der Waals surface area contributed by atoms with Crippen molar-refractivity contribution in [3.05, 3.63) is 35.9 Å². The minimum Gasteiger partial charge on any atom is -0.811 e. The van der Waals surface area contributed by atoms with Gasteiger partial charge in [-0.3, -0.25) is 0 Å². The van der Waals surface area contributed by atoms with Crippen LogP contribution in [0.1, 0.15) is 11.4 Å². The van der Waals surface area contributed by atoms with Crippen molar-refractivity contribution in [1.29, 1.82) is 0 Å². The number of rotatable bonds is 5. The van der Waals surface area contributed by atoms with Gasteiger partial charge in [0.05, 0.1) is 26.8 Å². The van der Waals surface area contributed by atoms with E-state index in [0.29, 0.717) is 11.2 Å². The zero-order chi connectivity index (χ0) is 15.7. The Kier molecular flexibility index (Phi) is 4.03. The highest BCUT2D eigenvalue weighted by atomic mass is 31.2. The molecule has 116 valence electrons. The summed E-state index contributed by atoms with van der Waals surface area (Å²) in [5.41, 5.74) is 1.56. The van der Waals surface area contributed by atoms with E-state index >= 15 is 0 Å². The van der Waals surface area contributed by atoms with E-state index in [4.69, 9.17) is 13.6 Å². The van der Waals surface area contributed by atoms with Gasteiger partial charge in [-0.25, -0.2) is 0 Å². The number of nitrogens with zero attached hydrogens (tertiary/aromatic N) is 4. The van der Waals surface area contributed by atoms with E-state index in [2.05, 4.69) is 15.5 Å². The Bertz CT molecular complexity index is 797. The molecule has 3 aromatic rings. The van der Waals surface area contributed by atoms with Crippen LogP contribution in [-0.2, 0) is 13.6 Å². The third-order valence-corrected chi connectivity index (χ3v) is 5.90. The SMILES string of the molecule is CO[P+](OC)(OC)C([O-])c1cc2ccccc2n2nnnc12. The molecule has 0 saturated carbocycles. The highest BCUT2D eigenvalue weighted by molar-refractivity contribution is 7.61. The monoisotopic (exact) mass is 322 g/mol. The Morgan fingerprint density at radius 2 is 1.82 bits per heavy atom. The van der Waals surface area contributed by atoms with Crippen LogP contribution < -0.4 is 5.11 Å². The molecule has 0 bridgehead atoms. The Hall–Kier alpha value is -1.70. The summed E-state index contributed by atoms with van der Waals surface area (Å²) in [7, 11) is 1.11. The van der Waals surface area contributed by atoms with Gasteiger partial charge in [0.1, 0.15) is 5.85 Å². The number of tetrazole rings is 1. The van der Waals surface area contributed by atoms with E-state index in [0.717, 1.165) is 10.9 Å². The molecule has 22 heavy (non-hydrogen) atoms. The quantitative estimate of drug-likeness (QED) is 0.654. The summed E-state index contributed by atoms with van der Waals surface area (Å²) in [6.45, 7) is 0. The predicted octanol–water partition coefficient (Wildman–Crippen LogP) is 1.34. The lowest BCUT2D eigenvalue weighted by atomic mass is 10.1. The van der Waals surface area contributed by atoms with Gasteiger partial charge in [0, 0.05) is 10.9 Å². The number of hydrogen-bond donors (Lipinski definition) is 0. The van der Waals surface area contributed by atoms with Crippen LogP contribution in [0.2, 0.25) is 0 Å². The fourth-order valence-electron chi connectivity index (χ4n) is 2.43. The van der Waals surface area contributed by atoms with Crippen molar-refractivity contribution in [2.75, 3.05) is 21.3 Å². The van der Waals surface area contributed by atoms with Crippen molar-refractivity contribution < 1.29 is 18.7 Å². The van der Waals surface area contributed by atoms with Crippen LogP contribution in [0.4, 0.5) is 0 Å². The maximum atomic E-state index is 13.0. The topological polar surface area (TPSA) is 93.8 Å². The first-order valence-electron chi connectivity index (χ1n) is 6.48. The summed E-state index contributed by atoms with van der Waals surface area (Å²) >= 11 is 0. The molecule has 2 heterocycles. The first kappa shape index (κ1) is 15.2. The summed E-state index contributed by atoms with van der Waals surface area (Å²) in [6.07, 6.45) is 0. The Morgan fingerprint density at radius 1 is 1.14 bits per heavy atom. The molecule has 1 atom stereocenters. The van der Waals surface area contributed by atoms with E-state index < -0.39 is 13.8 Å². The second-order valence-electron chi connectivity index (χ2n) is 4.51. The van der Waals surface area contributed by atoms with Gasteiger partial charge in [0.2, 0.25) is 0 Å². The minimum absolute atomic E-state index is 0.370. The maximum absolute atomic E-state index is 13.0. The normalized spacial score (nSPS) is 13.8. The van der Waals surface area contributed by atoms with Crippen LogP contribution >= 0.6 is 7.94 Å². The molecule has 9 heteroatoms. The van der Waals surface area contributed by atoms with Crippen LogP contribution in [0.25, 0.3) is 16.6 Å². The van der Waals surface area contributed by atoms with Crippen molar-refractivity contribution in [2.45, 2.75) is 5.85 Å². The Labute approximate surface area is 127 Å². The first-order chi connectivity index (χ1) is 10.7. The fraction of sp³-hybridized carbons (Fsp3) is 0.308. The van der Waals surface area contributed by atoms with E-state index in [-0.39, 0.29) is 0 Å². The molecule has 0 N–H and O–H groups in total. The van der Waals surface area contributed by atoms with Gasteiger partial charge in [-0.05, 0) is 22.6 Å². The van der Waals surface area contributed by atoms with Crippen LogP contribution in [-0.4, -0.2) is 41.4 Å². The van der Waals surface area contributed by atoms with Gasteiger partial charge >= 0.3 is 7.94 Å². The second-order valence-corrected chi connectivity index (χ2v) is 7.16. The Morgan fingerprint density at radius 3 is 2.50 bits per heavy atom. The van der Waals surface area contributed by atoms with Crippen molar-refractivity contribution in [1.82, 2.24) is 20.0 Å². The van der Waals surface area contributed by atoms with E-state index in [1.165, 1.54) is 25.8 Å². The standard InChI is InChI=1S/C13H15N4O4P/c1-19-22(20-2,21-3)13(18)10-8-9-6-4-5-7-11(9)17-12(10)14-15-16-17/h4-8,13H,1-3H3. The summed E-state index contributed by atoms with van der Waals surface area (Å²) in [4.78, 5) is 0. The van der Waals surface area contributed by atoms with Gasteiger partial charge < -0.3 is 5.11 Å². The third-order valence-electron chi connectivity index (χ3n) is 3.52. The van der Waals surface area contributed by atoms with Crippen LogP contribution in [0.3, 0.4) is 0 Å². The number of pyridine rings is 1. The molecule has 0 aliphatic carbocycles. The maximum Gasteiger partial charge on any atom is 0.402 e. The van der Waals surface area contributed by atoms with Crippen molar-refractivity contribution in [3.63, 3.8) is 0 Å². The van der Waals surface area contributed by atoms with Gasteiger partial charge in [0.15, 0.2) is 5.65 Å². The number of para-hydroxylation sites is 1. The zero-order valence-corrected chi connectivity index (χ0v) is 13.2. The van der Waals surface area contributed by atoms with Gasteiger partial charge in [0.25, 0.3) is 0 Å². The largest absolute Gasteiger partial charge is 0.811 e. The molecule has 3 rings (SSSR count). The predicted molar refractivity (Wildman–Crippen MR) is 79.0 cm³/mol. The molecular weight excluding hydrogens is 307 g/mol. The molecule has 0 spiro atoms. The average molecular weight is 322 g/mol. The smallest absolute Gasteiger partial charge is 0.402 e. The number of benzene rings is 1. The van der Waals surface area contributed by atoms with Crippen molar-refractivity contribution in [3.8, 4) is 0 Å². The lowest BCUT2D eigenvalue weighted by Gasteiger charge is -2.29. The lowest BCUT2D eigenvalue weighted by Crippen LogP contribution is -2.23. The van der Waals surface area contributed by atoms with E-state index in [1.807, 2.05) is 24.3 Å². The highest BCUT2D eigenvalue weighted by Crippen LogP contribution is 2.68. The van der Waals surface area contributed by atoms with E-state index in [9.17, 15) is 5.11 Å². The summed E-state index contributed by atoms with van der Waals surface area (Å²) in [5.74, 6) is -1.38.